The summed E-state index contributed by atoms with van der Waals surface area (Å²) in [6.07, 6.45) is 0.844. The number of alkyl halides is 3. The molecule has 0 aliphatic carbocycles. The summed E-state index contributed by atoms with van der Waals surface area (Å²) in [7, 11) is -1.68. The molecule has 0 unspecified atom stereocenters. The number of aromatic nitrogens is 5. The fourth-order valence-corrected chi connectivity index (χ4v) is 6.46. The van der Waals surface area contributed by atoms with Crippen molar-refractivity contribution in [3.05, 3.63) is 83.8 Å². The molecule has 49 heavy (non-hydrogen) atoms. The monoisotopic (exact) mass is 694 g/mol. The molecule has 256 valence electrons. The van der Waals surface area contributed by atoms with E-state index in [9.17, 15) is 26.4 Å². The molecule has 1 aliphatic rings. The lowest BCUT2D eigenvalue weighted by atomic mass is 10.0. The van der Waals surface area contributed by atoms with Crippen LogP contribution >= 0.6 is 0 Å². The molecule has 3 aromatic heterocycles. The molecule has 6 rings (SSSR count). The Kier molecular flexibility index (Phi) is 9.26. The summed E-state index contributed by atoms with van der Waals surface area (Å²) >= 11 is 0. The molecule has 0 saturated carbocycles. The number of nitrogens with zero attached hydrogens (tertiary/aromatic N) is 6. The van der Waals surface area contributed by atoms with E-state index in [0.29, 0.717) is 46.6 Å². The molecule has 2 N–H and O–H groups in total. The predicted octanol–water partition coefficient (Wildman–Crippen LogP) is 5.71. The van der Waals surface area contributed by atoms with Gasteiger partial charge in [-0.1, -0.05) is 6.07 Å². The van der Waals surface area contributed by atoms with E-state index in [2.05, 4.69) is 30.1 Å². The summed E-state index contributed by atoms with van der Waals surface area (Å²) < 4.78 is 77.1. The second kappa shape index (κ2) is 13.4. The SMILES string of the molecule is CCS(=O)(=O)NC1CCN(c2ccc(NC(=O)c3ccc(C)c(Oc4nc(-c5cccnc5)nc5c4cnn5C)c3)cc2C(F)(F)F)CC1. The highest BCUT2D eigenvalue weighted by Gasteiger charge is 2.36. The van der Waals surface area contributed by atoms with Crippen LogP contribution in [-0.4, -0.2) is 63.9 Å². The van der Waals surface area contributed by atoms with E-state index in [1.54, 1.807) is 60.3 Å². The first-order valence-electron chi connectivity index (χ1n) is 15.5. The summed E-state index contributed by atoms with van der Waals surface area (Å²) in [6, 6.07) is 11.6. The molecule has 1 amide bonds. The maximum absolute atomic E-state index is 14.3. The van der Waals surface area contributed by atoms with E-state index < -0.39 is 27.7 Å². The van der Waals surface area contributed by atoms with Crippen LogP contribution in [0.5, 0.6) is 11.6 Å². The average Bonchev–Trinajstić information content (AvgIpc) is 3.46. The van der Waals surface area contributed by atoms with E-state index in [4.69, 9.17) is 4.74 Å². The molecule has 0 radical (unpaired) electrons. The Morgan fingerprint density at radius 2 is 1.84 bits per heavy atom. The van der Waals surface area contributed by atoms with Crippen LogP contribution in [0.25, 0.3) is 22.4 Å². The number of fused-ring (bicyclic) bond motifs is 1. The van der Waals surface area contributed by atoms with Crippen LogP contribution in [0.1, 0.15) is 41.3 Å². The van der Waals surface area contributed by atoms with Gasteiger partial charge < -0.3 is 15.0 Å². The van der Waals surface area contributed by atoms with Gasteiger partial charge in [0.1, 0.15) is 11.1 Å². The van der Waals surface area contributed by atoms with Crippen LogP contribution < -0.4 is 19.7 Å². The Morgan fingerprint density at radius 1 is 1.06 bits per heavy atom. The zero-order valence-electron chi connectivity index (χ0n) is 26.8. The number of hydrogen-bond donors (Lipinski definition) is 2. The molecule has 1 saturated heterocycles. The molecule has 2 aromatic carbocycles. The van der Waals surface area contributed by atoms with Crippen molar-refractivity contribution in [1.29, 1.82) is 0 Å². The normalized spacial score (nSPS) is 14.3. The lowest BCUT2D eigenvalue weighted by Crippen LogP contribution is -2.45. The van der Waals surface area contributed by atoms with E-state index in [-0.39, 0.29) is 47.7 Å². The number of carbonyl (C=O) groups excluding carboxylic acids is 1. The number of ether oxygens (including phenoxy) is 1. The number of benzene rings is 2. The maximum atomic E-state index is 14.3. The Balaban J connectivity index is 1.22. The molecule has 5 aromatic rings. The van der Waals surface area contributed by atoms with Crippen molar-refractivity contribution in [3.8, 4) is 23.0 Å². The Hall–Kier alpha value is -5.09. The number of anilines is 2. The molecule has 12 nitrogen and oxygen atoms in total. The van der Waals surface area contributed by atoms with Gasteiger partial charge in [0.15, 0.2) is 11.5 Å². The molecular weight excluding hydrogens is 661 g/mol. The molecule has 0 spiro atoms. The highest BCUT2D eigenvalue weighted by Crippen LogP contribution is 2.39. The smallest absolute Gasteiger partial charge is 0.418 e. The van der Waals surface area contributed by atoms with Crippen LogP contribution in [0.2, 0.25) is 0 Å². The number of nitrogens with one attached hydrogen (secondary N) is 2. The largest absolute Gasteiger partial charge is 0.438 e. The van der Waals surface area contributed by atoms with Crippen molar-refractivity contribution in [3.63, 3.8) is 0 Å². The standard InChI is InChI=1S/C33H33F3N8O4S/c1-4-49(46,47)42-23-11-14-44(15-12-23)27-10-9-24(17-26(27)33(34,35)36)39-31(45)21-8-7-20(2)28(16-21)48-32-25-19-38-43(3)30(25)40-29(41-32)22-6-5-13-37-18-22/h5-10,13,16-19,23,42H,4,11-12,14-15H2,1-3H3,(H,39,45). The second-order valence-electron chi connectivity index (χ2n) is 11.6. The zero-order chi connectivity index (χ0) is 34.9. The first-order valence-corrected chi connectivity index (χ1v) is 17.1. The Labute approximate surface area is 280 Å². The average molecular weight is 695 g/mol. The molecular formula is C33H33F3N8O4S. The third-order valence-electron chi connectivity index (χ3n) is 8.26. The van der Waals surface area contributed by atoms with E-state index in [1.165, 1.54) is 25.1 Å². The van der Waals surface area contributed by atoms with E-state index >= 15 is 0 Å². The van der Waals surface area contributed by atoms with Gasteiger partial charge in [0.2, 0.25) is 15.9 Å². The summed E-state index contributed by atoms with van der Waals surface area (Å²) in [6.45, 7) is 3.79. The Morgan fingerprint density at radius 3 is 2.53 bits per heavy atom. The first-order chi connectivity index (χ1) is 23.3. The van der Waals surface area contributed by atoms with Crippen molar-refractivity contribution in [1.82, 2.24) is 29.5 Å². The molecule has 1 fully saturated rings. The number of halogens is 3. The van der Waals surface area contributed by atoms with Crippen molar-refractivity contribution >= 4 is 38.3 Å². The van der Waals surface area contributed by atoms with Crippen molar-refractivity contribution in [2.45, 2.75) is 38.9 Å². The van der Waals surface area contributed by atoms with Gasteiger partial charge in [-0.2, -0.15) is 23.3 Å². The molecule has 4 heterocycles. The lowest BCUT2D eigenvalue weighted by molar-refractivity contribution is -0.137. The number of aryl methyl sites for hydroxylation is 2. The molecule has 1 aliphatic heterocycles. The third-order valence-corrected chi connectivity index (χ3v) is 9.71. The quantitative estimate of drug-likeness (QED) is 0.198. The number of hydrogen-bond acceptors (Lipinski definition) is 9. The third kappa shape index (κ3) is 7.49. The summed E-state index contributed by atoms with van der Waals surface area (Å²) in [5.74, 6) is 0.166. The topological polar surface area (TPSA) is 144 Å². The highest BCUT2D eigenvalue weighted by molar-refractivity contribution is 7.89. The second-order valence-corrected chi connectivity index (χ2v) is 13.7. The van der Waals surface area contributed by atoms with Gasteiger partial charge in [0.05, 0.1) is 17.5 Å². The van der Waals surface area contributed by atoms with Crippen molar-refractivity contribution in [2.24, 2.45) is 7.05 Å². The summed E-state index contributed by atoms with van der Waals surface area (Å²) in [5, 5.41) is 7.39. The fourth-order valence-electron chi connectivity index (χ4n) is 5.55. The summed E-state index contributed by atoms with van der Waals surface area (Å²) in [5.41, 5.74) is 1.04. The van der Waals surface area contributed by atoms with Crippen LogP contribution in [0.3, 0.4) is 0 Å². The minimum Gasteiger partial charge on any atom is -0.438 e. The van der Waals surface area contributed by atoms with Crippen LogP contribution in [0.15, 0.2) is 67.1 Å². The van der Waals surface area contributed by atoms with Gasteiger partial charge in [-0.3, -0.25) is 14.5 Å². The minimum atomic E-state index is -4.70. The van der Waals surface area contributed by atoms with E-state index in [1.807, 2.05) is 6.07 Å². The van der Waals surface area contributed by atoms with Gasteiger partial charge >= 0.3 is 6.18 Å². The minimum absolute atomic E-state index is 0.0365. The number of sulfonamides is 1. The van der Waals surface area contributed by atoms with E-state index in [0.717, 1.165) is 6.07 Å². The number of pyridine rings is 1. The molecule has 0 atom stereocenters. The number of piperidine rings is 1. The Bertz CT molecular complexity index is 2120. The lowest BCUT2D eigenvalue weighted by Gasteiger charge is -2.35. The number of rotatable bonds is 9. The summed E-state index contributed by atoms with van der Waals surface area (Å²) in [4.78, 5) is 28.3. The first kappa shape index (κ1) is 33.8. The van der Waals surface area contributed by atoms with Crippen LogP contribution in [0.4, 0.5) is 24.5 Å². The van der Waals surface area contributed by atoms with Gasteiger partial charge in [0.25, 0.3) is 5.91 Å². The predicted molar refractivity (Wildman–Crippen MR) is 178 cm³/mol. The van der Waals surface area contributed by atoms with Crippen molar-refractivity contribution in [2.75, 3.05) is 29.1 Å². The fraction of sp³-hybridized carbons (Fsp3) is 0.303. The number of amides is 1. The van der Waals surface area contributed by atoms with Gasteiger partial charge in [0, 0.05) is 61.1 Å². The van der Waals surface area contributed by atoms with Crippen LogP contribution in [0, 0.1) is 6.92 Å². The van der Waals surface area contributed by atoms with Crippen LogP contribution in [-0.2, 0) is 23.2 Å². The molecule has 0 bridgehead atoms. The van der Waals surface area contributed by atoms with Gasteiger partial charge in [-0.25, -0.2) is 18.1 Å². The maximum Gasteiger partial charge on any atom is 0.418 e. The van der Waals surface area contributed by atoms with Gasteiger partial charge in [-0.15, -0.1) is 0 Å². The molecule has 16 heteroatoms. The number of carbonyl (C=O) groups is 1. The van der Waals surface area contributed by atoms with Gasteiger partial charge in [-0.05, 0) is 74.7 Å². The zero-order valence-corrected chi connectivity index (χ0v) is 27.6. The van der Waals surface area contributed by atoms with Crippen molar-refractivity contribution < 1.29 is 31.1 Å². The highest BCUT2D eigenvalue weighted by atomic mass is 32.2.